The van der Waals surface area contributed by atoms with Gasteiger partial charge in [-0.2, -0.15) is 0 Å². The summed E-state index contributed by atoms with van der Waals surface area (Å²) >= 11 is 1.67. The Bertz CT molecular complexity index is 765. The number of hydrogen-bond acceptors (Lipinski definition) is 3. The van der Waals surface area contributed by atoms with Crippen LogP contribution in [0.15, 0.2) is 54.6 Å². The van der Waals surface area contributed by atoms with E-state index in [4.69, 9.17) is 0 Å². The molecule has 0 bridgehead atoms. The number of aryl methyl sites for hydroxylation is 1. The maximum atomic E-state index is 12.1. The summed E-state index contributed by atoms with van der Waals surface area (Å²) in [6, 6.07) is 18.5. The Kier molecular flexibility index (Phi) is 5.59. The van der Waals surface area contributed by atoms with Crippen LogP contribution in [-0.4, -0.2) is 17.4 Å². The number of nitrogens with zero attached hydrogens (tertiary/aromatic N) is 1. The van der Waals surface area contributed by atoms with Crippen LogP contribution in [0.2, 0.25) is 0 Å². The first kappa shape index (κ1) is 16.7. The Hall–Kier alpha value is -2.20. The average molecular weight is 338 g/mol. The van der Waals surface area contributed by atoms with Gasteiger partial charge in [0.2, 0.25) is 5.91 Å². The van der Waals surface area contributed by atoms with Gasteiger partial charge in [-0.15, -0.1) is 11.3 Å². The standard InChI is InChI=1S/C20H22N2OS/c1-2-15(16-8-4-3-5-9-16)14-21-19(23)12-13-20-22-17-10-6-7-11-18(17)24-20/h3-11,15H,2,12-14H2,1H3,(H,21,23). The molecule has 124 valence electrons. The van der Waals surface area contributed by atoms with Gasteiger partial charge < -0.3 is 5.32 Å². The fourth-order valence-electron chi connectivity index (χ4n) is 2.80. The largest absolute Gasteiger partial charge is 0.355 e. The van der Waals surface area contributed by atoms with E-state index in [1.165, 1.54) is 10.3 Å². The van der Waals surface area contributed by atoms with Crippen molar-refractivity contribution in [3.8, 4) is 0 Å². The Morgan fingerprint density at radius 2 is 1.88 bits per heavy atom. The number of amides is 1. The number of rotatable bonds is 7. The normalized spacial score (nSPS) is 12.2. The van der Waals surface area contributed by atoms with Crippen LogP contribution in [0.1, 0.15) is 36.3 Å². The van der Waals surface area contributed by atoms with Crippen LogP contribution >= 0.6 is 11.3 Å². The molecule has 1 aromatic heterocycles. The first-order valence-electron chi connectivity index (χ1n) is 8.42. The molecule has 3 aromatic rings. The Balaban J connectivity index is 1.50. The molecule has 0 spiro atoms. The molecule has 24 heavy (non-hydrogen) atoms. The molecule has 1 unspecified atom stereocenters. The molecule has 4 heteroatoms. The SMILES string of the molecule is CCC(CNC(=O)CCc1nc2ccccc2s1)c1ccccc1. The van der Waals surface area contributed by atoms with Gasteiger partial charge in [-0.1, -0.05) is 49.4 Å². The van der Waals surface area contributed by atoms with Gasteiger partial charge in [0, 0.05) is 25.3 Å². The lowest BCUT2D eigenvalue weighted by atomic mass is 9.96. The maximum Gasteiger partial charge on any atom is 0.220 e. The fraction of sp³-hybridized carbons (Fsp3) is 0.300. The second-order valence-corrected chi connectivity index (χ2v) is 7.01. The Morgan fingerprint density at radius 3 is 2.62 bits per heavy atom. The summed E-state index contributed by atoms with van der Waals surface area (Å²) in [4.78, 5) is 16.7. The van der Waals surface area contributed by atoms with Crippen molar-refractivity contribution in [1.82, 2.24) is 10.3 Å². The highest BCUT2D eigenvalue weighted by molar-refractivity contribution is 7.18. The highest BCUT2D eigenvalue weighted by Crippen LogP contribution is 2.22. The molecule has 0 fully saturated rings. The maximum absolute atomic E-state index is 12.1. The zero-order chi connectivity index (χ0) is 16.8. The van der Waals surface area contributed by atoms with Crippen molar-refractivity contribution in [3.05, 3.63) is 65.2 Å². The molecule has 1 amide bonds. The van der Waals surface area contributed by atoms with Crippen LogP contribution in [0.5, 0.6) is 0 Å². The third-order valence-electron chi connectivity index (χ3n) is 4.21. The van der Waals surface area contributed by atoms with Crippen LogP contribution < -0.4 is 5.32 Å². The fourth-order valence-corrected chi connectivity index (χ4v) is 3.76. The van der Waals surface area contributed by atoms with E-state index in [1.807, 2.05) is 36.4 Å². The number of benzene rings is 2. The second-order valence-electron chi connectivity index (χ2n) is 5.90. The summed E-state index contributed by atoms with van der Waals surface area (Å²) < 4.78 is 1.18. The van der Waals surface area contributed by atoms with Crippen LogP contribution in [-0.2, 0) is 11.2 Å². The van der Waals surface area contributed by atoms with E-state index in [2.05, 4.69) is 35.4 Å². The molecular formula is C20H22N2OS. The van der Waals surface area contributed by atoms with Crippen LogP contribution in [0.3, 0.4) is 0 Å². The summed E-state index contributed by atoms with van der Waals surface area (Å²) in [6.07, 6.45) is 2.21. The summed E-state index contributed by atoms with van der Waals surface area (Å²) in [5, 5.41) is 4.10. The van der Waals surface area contributed by atoms with Crippen LogP contribution in [0.4, 0.5) is 0 Å². The Morgan fingerprint density at radius 1 is 1.12 bits per heavy atom. The van der Waals surface area contributed by atoms with Gasteiger partial charge in [-0.25, -0.2) is 4.98 Å². The quantitative estimate of drug-likeness (QED) is 0.687. The first-order valence-corrected chi connectivity index (χ1v) is 9.24. The van der Waals surface area contributed by atoms with E-state index in [0.29, 0.717) is 25.3 Å². The van der Waals surface area contributed by atoms with Crippen molar-refractivity contribution >= 4 is 27.5 Å². The van der Waals surface area contributed by atoms with E-state index >= 15 is 0 Å². The van der Waals surface area contributed by atoms with Crippen molar-refractivity contribution in [2.45, 2.75) is 32.1 Å². The van der Waals surface area contributed by atoms with Gasteiger partial charge in [0.25, 0.3) is 0 Å². The second kappa shape index (κ2) is 8.06. The van der Waals surface area contributed by atoms with Crippen molar-refractivity contribution in [3.63, 3.8) is 0 Å². The van der Waals surface area contributed by atoms with Crippen LogP contribution in [0.25, 0.3) is 10.2 Å². The molecule has 1 N–H and O–H groups in total. The number of thiazole rings is 1. The van der Waals surface area contributed by atoms with E-state index in [1.54, 1.807) is 11.3 Å². The Labute approximate surface area is 146 Å². The summed E-state index contributed by atoms with van der Waals surface area (Å²) in [7, 11) is 0. The highest BCUT2D eigenvalue weighted by atomic mass is 32.1. The van der Waals surface area contributed by atoms with E-state index in [9.17, 15) is 4.79 Å². The predicted molar refractivity (Wildman–Crippen MR) is 100 cm³/mol. The van der Waals surface area contributed by atoms with Crippen LogP contribution in [0, 0.1) is 0 Å². The lowest BCUT2D eigenvalue weighted by molar-refractivity contribution is -0.121. The lowest BCUT2D eigenvalue weighted by Gasteiger charge is -2.16. The molecule has 0 saturated heterocycles. The number of para-hydroxylation sites is 1. The molecule has 1 atom stereocenters. The molecule has 0 aliphatic rings. The number of carbonyl (C=O) groups excluding carboxylic acids is 1. The van der Waals surface area contributed by atoms with Crippen molar-refractivity contribution in [1.29, 1.82) is 0 Å². The average Bonchev–Trinajstić information content (AvgIpc) is 3.04. The zero-order valence-electron chi connectivity index (χ0n) is 13.9. The number of carbonyl (C=O) groups is 1. The van der Waals surface area contributed by atoms with Gasteiger partial charge in [0.15, 0.2) is 0 Å². The van der Waals surface area contributed by atoms with Gasteiger partial charge in [-0.3, -0.25) is 4.79 Å². The number of fused-ring (bicyclic) bond motifs is 1. The smallest absolute Gasteiger partial charge is 0.220 e. The molecule has 2 aromatic carbocycles. The summed E-state index contributed by atoms with van der Waals surface area (Å²) in [6.45, 7) is 2.85. The predicted octanol–water partition coefficient (Wildman–Crippen LogP) is 4.54. The minimum atomic E-state index is 0.101. The van der Waals surface area contributed by atoms with E-state index in [-0.39, 0.29) is 5.91 Å². The third-order valence-corrected chi connectivity index (χ3v) is 5.31. The topological polar surface area (TPSA) is 42.0 Å². The lowest BCUT2D eigenvalue weighted by Crippen LogP contribution is -2.28. The third kappa shape index (κ3) is 4.20. The molecule has 1 heterocycles. The van der Waals surface area contributed by atoms with E-state index in [0.717, 1.165) is 16.9 Å². The molecule has 0 saturated carbocycles. The first-order chi connectivity index (χ1) is 11.8. The molecule has 0 aliphatic heterocycles. The van der Waals surface area contributed by atoms with Gasteiger partial charge in [-0.05, 0) is 24.1 Å². The van der Waals surface area contributed by atoms with Gasteiger partial charge in [0.05, 0.1) is 15.2 Å². The highest BCUT2D eigenvalue weighted by Gasteiger charge is 2.11. The number of nitrogens with one attached hydrogen (secondary N) is 1. The summed E-state index contributed by atoms with van der Waals surface area (Å²) in [5.74, 6) is 0.473. The number of hydrogen-bond donors (Lipinski definition) is 1. The minimum Gasteiger partial charge on any atom is -0.355 e. The zero-order valence-corrected chi connectivity index (χ0v) is 14.7. The molecule has 0 radical (unpaired) electrons. The molecule has 3 rings (SSSR count). The van der Waals surface area contributed by atoms with Crippen molar-refractivity contribution < 1.29 is 4.79 Å². The van der Waals surface area contributed by atoms with E-state index < -0.39 is 0 Å². The van der Waals surface area contributed by atoms with Crippen molar-refractivity contribution in [2.75, 3.05) is 6.54 Å². The minimum absolute atomic E-state index is 0.101. The van der Waals surface area contributed by atoms with Gasteiger partial charge in [0.1, 0.15) is 0 Å². The van der Waals surface area contributed by atoms with Crippen molar-refractivity contribution in [2.24, 2.45) is 0 Å². The molecule has 3 nitrogen and oxygen atoms in total. The number of aromatic nitrogens is 1. The molecular weight excluding hydrogens is 316 g/mol. The summed E-state index contributed by atoms with van der Waals surface area (Å²) in [5.41, 5.74) is 2.31. The monoisotopic (exact) mass is 338 g/mol. The molecule has 0 aliphatic carbocycles. The van der Waals surface area contributed by atoms with Gasteiger partial charge >= 0.3 is 0 Å².